The molecule has 94 valence electrons. The third kappa shape index (κ3) is 3.16. The van der Waals surface area contributed by atoms with Crippen LogP contribution >= 0.6 is 0 Å². The van der Waals surface area contributed by atoms with Crippen molar-refractivity contribution in [3.63, 3.8) is 0 Å². The van der Waals surface area contributed by atoms with Gasteiger partial charge in [0.2, 0.25) is 0 Å². The van der Waals surface area contributed by atoms with E-state index in [1.54, 1.807) is 6.33 Å². The van der Waals surface area contributed by atoms with E-state index in [4.69, 9.17) is 0 Å². The van der Waals surface area contributed by atoms with Crippen molar-refractivity contribution in [3.8, 4) is 0 Å². The molecule has 1 aliphatic heterocycles. The Bertz CT molecular complexity index is 351. The van der Waals surface area contributed by atoms with Gasteiger partial charge in [-0.3, -0.25) is 0 Å². The first kappa shape index (κ1) is 12.3. The van der Waals surface area contributed by atoms with Crippen molar-refractivity contribution in [1.82, 2.24) is 15.3 Å². The molecule has 1 aromatic heterocycles. The lowest BCUT2D eigenvalue weighted by Gasteiger charge is -2.34. The Hall–Kier alpha value is -1.16. The normalized spacial score (nSPS) is 20.6. The molecule has 1 atom stereocenters. The third-order valence-corrected chi connectivity index (χ3v) is 3.31. The zero-order valence-electron chi connectivity index (χ0n) is 10.8. The van der Waals surface area contributed by atoms with Crippen molar-refractivity contribution in [3.05, 3.63) is 18.1 Å². The van der Waals surface area contributed by atoms with Gasteiger partial charge in [0.25, 0.3) is 0 Å². The van der Waals surface area contributed by atoms with Crippen LogP contribution in [0.1, 0.15) is 32.4 Å². The molecule has 1 fully saturated rings. The molecule has 0 radical (unpaired) electrons. The van der Waals surface area contributed by atoms with E-state index in [9.17, 15) is 0 Å². The van der Waals surface area contributed by atoms with Gasteiger partial charge >= 0.3 is 0 Å². The third-order valence-electron chi connectivity index (χ3n) is 3.31. The van der Waals surface area contributed by atoms with Crippen LogP contribution in [0, 0.1) is 0 Å². The summed E-state index contributed by atoms with van der Waals surface area (Å²) < 4.78 is 0. The number of aryl methyl sites for hydroxylation is 1. The minimum absolute atomic E-state index is 0.605. The molecule has 0 spiro atoms. The van der Waals surface area contributed by atoms with Gasteiger partial charge in [0, 0.05) is 30.9 Å². The fourth-order valence-corrected chi connectivity index (χ4v) is 2.39. The molecular formula is C13H22N4. The monoisotopic (exact) mass is 234 g/mol. The Morgan fingerprint density at radius 2 is 2.29 bits per heavy atom. The Morgan fingerprint density at radius 1 is 1.41 bits per heavy atom. The van der Waals surface area contributed by atoms with Gasteiger partial charge in [-0.1, -0.05) is 13.8 Å². The molecule has 1 saturated heterocycles. The fraction of sp³-hybridized carbons (Fsp3) is 0.692. The van der Waals surface area contributed by atoms with E-state index in [1.165, 1.54) is 12.8 Å². The van der Waals surface area contributed by atoms with Gasteiger partial charge in [-0.05, 0) is 25.8 Å². The predicted octanol–water partition coefficient (Wildman–Crippen LogP) is 1.62. The van der Waals surface area contributed by atoms with E-state index in [0.717, 1.165) is 37.6 Å². The summed E-state index contributed by atoms with van der Waals surface area (Å²) in [6, 6.07) is 2.72. The van der Waals surface area contributed by atoms with Crippen LogP contribution < -0.4 is 10.2 Å². The van der Waals surface area contributed by atoms with E-state index >= 15 is 0 Å². The lowest BCUT2D eigenvalue weighted by Crippen LogP contribution is -2.46. The van der Waals surface area contributed by atoms with Crippen molar-refractivity contribution < 1.29 is 0 Å². The molecule has 4 nitrogen and oxygen atoms in total. The molecule has 0 amide bonds. The topological polar surface area (TPSA) is 41.0 Å². The highest BCUT2D eigenvalue weighted by Gasteiger charge is 2.20. The molecule has 4 heteroatoms. The van der Waals surface area contributed by atoms with Gasteiger partial charge in [0.15, 0.2) is 0 Å². The second-order valence-corrected chi connectivity index (χ2v) is 4.56. The standard InChI is InChI=1S/C13H22N4/c1-3-11-8-13(16-10-15-11)17-7-5-6-12(9-17)14-4-2/h8,10,12,14H,3-7,9H2,1-2H3. The number of nitrogens with zero attached hydrogens (tertiary/aromatic N) is 3. The maximum Gasteiger partial charge on any atom is 0.132 e. The average Bonchev–Trinajstić information content (AvgIpc) is 2.40. The van der Waals surface area contributed by atoms with Crippen LogP contribution in [0.2, 0.25) is 0 Å². The summed E-state index contributed by atoms with van der Waals surface area (Å²) in [6.45, 7) is 7.52. The molecule has 0 saturated carbocycles. The Balaban J connectivity index is 2.05. The highest BCUT2D eigenvalue weighted by molar-refractivity contribution is 5.39. The maximum atomic E-state index is 4.39. The molecule has 0 bridgehead atoms. The number of aromatic nitrogens is 2. The molecule has 1 aromatic rings. The van der Waals surface area contributed by atoms with Crippen molar-refractivity contribution in [1.29, 1.82) is 0 Å². The number of rotatable bonds is 4. The van der Waals surface area contributed by atoms with Crippen molar-refractivity contribution in [2.75, 3.05) is 24.5 Å². The summed E-state index contributed by atoms with van der Waals surface area (Å²) in [5.74, 6) is 1.08. The first-order valence-corrected chi connectivity index (χ1v) is 6.62. The number of anilines is 1. The first-order chi connectivity index (χ1) is 8.33. The summed E-state index contributed by atoms with van der Waals surface area (Å²) in [5.41, 5.74) is 1.13. The van der Waals surface area contributed by atoms with Crippen LogP contribution in [0.4, 0.5) is 5.82 Å². The second kappa shape index (κ2) is 5.96. The fourth-order valence-electron chi connectivity index (χ4n) is 2.39. The summed E-state index contributed by atoms with van der Waals surface area (Å²) in [4.78, 5) is 11.0. The molecule has 17 heavy (non-hydrogen) atoms. The van der Waals surface area contributed by atoms with Crippen molar-refractivity contribution in [2.45, 2.75) is 39.2 Å². The Morgan fingerprint density at radius 3 is 3.06 bits per heavy atom. The number of likely N-dealkylation sites (N-methyl/N-ethyl adjacent to an activating group) is 1. The molecule has 0 aromatic carbocycles. The first-order valence-electron chi connectivity index (χ1n) is 6.62. The smallest absolute Gasteiger partial charge is 0.132 e. The van der Waals surface area contributed by atoms with Crippen LogP contribution in [0.5, 0.6) is 0 Å². The second-order valence-electron chi connectivity index (χ2n) is 4.56. The molecule has 1 aliphatic rings. The number of nitrogens with one attached hydrogen (secondary N) is 1. The summed E-state index contributed by atoms with van der Waals surface area (Å²) in [6.07, 6.45) is 5.17. The van der Waals surface area contributed by atoms with Crippen LogP contribution in [0.25, 0.3) is 0 Å². The summed E-state index contributed by atoms with van der Waals surface area (Å²) in [7, 11) is 0. The largest absolute Gasteiger partial charge is 0.355 e. The summed E-state index contributed by atoms with van der Waals surface area (Å²) in [5, 5.41) is 3.53. The van der Waals surface area contributed by atoms with Crippen molar-refractivity contribution >= 4 is 5.82 Å². The predicted molar refractivity (Wildman–Crippen MR) is 70.3 cm³/mol. The zero-order valence-corrected chi connectivity index (χ0v) is 10.8. The van der Waals surface area contributed by atoms with Gasteiger partial charge in [-0.25, -0.2) is 9.97 Å². The maximum absolute atomic E-state index is 4.39. The van der Waals surface area contributed by atoms with Crippen molar-refractivity contribution in [2.24, 2.45) is 0 Å². The van der Waals surface area contributed by atoms with Gasteiger partial charge < -0.3 is 10.2 Å². The highest BCUT2D eigenvalue weighted by Crippen LogP contribution is 2.18. The van der Waals surface area contributed by atoms with E-state index in [0.29, 0.717) is 6.04 Å². The Kier molecular flexibility index (Phi) is 4.31. The molecular weight excluding hydrogens is 212 g/mol. The minimum atomic E-state index is 0.605. The molecule has 0 aliphatic carbocycles. The quantitative estimate of drug-likeness (QED) is 0.859. The van der Waals surface area contributed by atoms with Crippen LogP contribution in [0.15, 0.2) is 12.4 Å². The molecule has 2 heterocycles. The molecule has 2 rings (SSSR count). The van der Waals surface area contributed by atoms with E-state index in [2.05, 4.69) is 40.1 Å². The van der Waals surface area contributed by atoms with Crippen LogP contribution in [-0.2, 0) is 6.42 Å². The number of hydrogen-bond donors (Lipinski definition) is 1. The van der Waals surface area contributed by atoms with E-state index < -0.39 is 0 Å². The summed E-state index contributed by atoms with van der Waals surface area (Å²) >= 11 is 0. The van der Waals surface area contributed by atoms with Gasteiger partial charge in [0.05, 0.1) is 0 Å². The number of hydrogen-bond acceptors (Lipinski definition) is 4. The highest BCUT2D eigenvalue weighted by atomic mass is 15.2. The zero-order chi connectivity index (χ0) is 12.1. The lowest BCUT2D eigenvalue weighted by molar-refractivity contribution is 0.429. The van der Waals surface area contributed by atoms with E-state index in [-0.39, 0.29) is 0 Å². The molecule has 1 N–H and O–H groups in total. The lowest BCUT2D eigenvalue weighted by atomic mass is 10.1. The average molecular weight is 234 g/mol. The van der Waals surface area contributed by atoms with Crippen LogP contribution in [0.3, 0.4) is 0 Å². The Labute approximate surface area is 103 Å². The van der Waals surface area contributed by atoms with Crippen LogP contribution in [-0.4, -0.2) is 35.6 Å². The minimum Gasteiger partial charge on any atom is -0.355 e. The SMILES string of the molecule is CCNC1CCCN(c2cc(CC)ncn2)C1. The van der Waals surface area contributed by atoms with Gasteiger partial charge in [-0.15, -0.1) is 0 Å². The van der Waals surface area contributed by atoms with Gasteiger partial charge in [-0.2, -0.15) is 0 Å². The number of piperidine rings is 1. The molecule has 1 unspecified atom stereocenters. The van der Waals surface area contributed by atoms with Gasteiger partial charge in [0.1, 0.15) is 12.1 Å². The van der Waals surface area contributed by atoms with E-state index in [1.807, 2.05) is 0 Å².